The first-order chi connectivity index (χ1) is 8.24. The molecule has 0 saturated carbocycles. The average Bonchev–Trinajstić information content (AvgIpc) is 2.34. The highest BCUT2D eigenvalue weighted by molar-refractivity contribution is 4.51. The molecule has 0 unspecified atom stereocenters. The van der Waals surface area contributed by atoms with Crippen LogP contribution in [0, 0.1) is 0 Å². The molecule has 0 saturated heterocycles. The molecule has 17 heavy (non-hydrogen) atoms. The molecule has 1 heteroatoms. The van der Waals surface area contributed by atoms with E-state index >= 15 is 0 Å². The Hall–Kier alpha value is -0.300. The molecule has 0 aliphatic heterocycles. The van der Waals surface area contributed by atoms with Crippen LogP contribution in [0.1, 0.15) is 85.5 Å². The fourth-order valence-electron chi connectivity index (χ4n) is 1.22. The van der Waals surface area contributed by atoms with E-state index in [1.807, 2.05) is 6.92 Å². The number of hydrogen-bond donors (Lipinski definition) is 1. The molecule has 0 spiro atoms. The number of hydrogen-bond acceptors (Lipinski definition) is 1. The Morgan fingerprint density at radius 1 is 0.765 bits per heavy atom. The molecular weight excluding hydrogens is 208 g/mol. The first kappa shape index (κ1) is 21.9. The van der Waals surface area contributed by atoms with Crippen LogP contribution in [0.3, 0.4) is 0 Å². The molecule has 0 radical (unpaired) electrons. The zero-order chi connectivity index (χ0) is 13.8. The minimum atomic E-state index is 0.355. The van der Waals surface area contributed by atoms with Gasteiger partial charge in [-0.15, -0.1) is 6.58 Å². The van der Waals surface area contributed by atoms with Crippen LogP contribution < -0.4 is 0 Å². The average molecular weight is 244 g/mol. The second-order valence-electron chi connectivity index (χ2n) is 4.25. The maximum absolute atomic E-state index is 8.20. The molecule has 1 N–H and O–H groups in total. The van der Waals surface area contributed by atoms with Crippen LogP contribution >= 0.6 is 0 Å². The largest absolute Gasteiger partial charge is 0.396 e. The van der Waals surface area contributed by atoms with Crippen LogP contribution in [0.25, 0.3) is 0 Å². The van der Waals surface area contributed by atoms with Crippen molar-refractivity contribution in [2.75, 3.05) is 6.61 Å². The zero-order valence-corrected chi connectivity index (χ0v) is 12.8. The maximum atomic E-state index is 8.20. The van der Waals surface area contributed by atoms with Gasteiger partial charge in [0.05, 0.1) is 0 Å². The Bertz CT molecular complexity index is 89.7. The molecule has 0 amide bonds. The van der Waals surface area contributed by atoms with Crippen LogP contribution in [0.15, 0.2) is 12.7 Å². The highest BCUT2D eigenvalue weighted by atomic mass is 16.2. The van der Waals surface area contributed by atoms with Crippen molar-refractivity contribution in [2.45, 2.75) is 85.5 Å². The molecule has 0 fully saturated rings. The van der Waals surface area contributed by atoms with Gasteiger partial charge in [0.25, 0.3) is 0 Å². The van der Waals surface area contributed by atoms with E-state index in [-0.39, 0.29) is 0 Å². The second kappa shape index (κ2) is 29.6. The van der Waals surface area contributed by atoms with Gasteiger partial charge in [0, 0.05) is 6.61 Å². The predicted octanol–water partition coefficient (Wildman–Crippen LogP) is 5.73. The summed E-state index contributed by atoms with van der Waals surface area (Å²) in [5.74, 6) is 0. The van der Waals surface area contributed by atoms with Crippen molar-refractivity contribution in [1.29, 1.82) is 0 Å². The van der Waals surface area contributed by atoms with Gasteiger partial charge in [-0.3, -0.25) is 0 Å². The van der Waals surface area contributed by atoms with Gasteiger partial charge in [-0.1, -0.05) is 78.2 Å². The first-order valence-corrected chi connectivity index (χ1v) is 7.42. The van der Waals surface area contributed by atoms with Gasteiger partial charge in [-0.2, -0.15) is 0 Å². The number of aliphatic hydroxyl groups excluding tert-OH is 1. The van der Waals surface area contributed by atoms with Crippen molar-refractivity contribution in [3.63, 3.8) is 0 Å². The first-order valence-electron chi connectivity index (χ1n) is 7.42. The van der Waals surface area contributed by atoms with E-state index in [2.05, 4.69) is 27.4 Å². The van der Waals surface area contributed by atoms with Crippen molar-refractivity contribution in [1.82, 2.24) is 0 Å². The Balaban J connectivity index is -0.000000193. The summed E-state index contributed by atoms with van der Waals surface area (Å²) in [7, 11) is 0. The van der Waals surface area contributed by atoms with Crippen molar-refractivity contribution < 1.29 is 5.11 Å². The van der Waals surface area contributed by atoms with Crippen LogP contribution in [0.5, 0.6) is 0 Å². The topological polar surface area (TPSA) is 20.2 Å². The van der Waals surface area contributed by atoms with Crippen molar-refractivity contribution in [2.24, 2.45) is 0 Å². The number of rotatable bonds is 8. The number of unbranched alkanes of at least 4 members (excludes halogenated alkanes) is 7. The van der Waals surface area contributed by atoms with Gasteiger partial charge in [0.15, 0.2) is 0 Å². The maximum Gasteiger partial charge on any atom is 0.0431 e. The lowest BCUT2D eigenvalue weighted by atomic mass is 10.1. The van der Waals surface area contributed by atoms with Crippen molar-refractivity contribution in [3.05, 3.63) is 12.7 Å². The fourth-order valence-corrected chi connectivity index (χ4v) is 1.22. The van der Waals surface area contributed by atoms with Crippen molar-refractivity contribution >= 4 is 0 Å². The predicted molar refractivity (Wildman–Crippen MR) is 81.5 cm³/mol. The third-order valence-corrected chi connectivity index (χ3v) is 2.22. The standard InChI is InChI=1S/C8H18.C5H12O.C3H6/c1-3-5-7-8-6-4-2;1-2-3-4-5-6;1-3-2/h3-8H2,1-2H3;6H,2-5H2,1H3;3H,1H2,2H3. The molecule has 0 aromatic carbocycles. The number of allylic oxidation sites excluding steroid dienone is 1. The summed E-state index contributed by atoms with van der Waals surface area (Å²) in [5, 5.41) is 8.20. The Morgan fingerprint density at radius 2 is 1.06 bits per heavy atom. The van der Waals surface area contributed by atoms with Crippen LogP contribution in [0.2, 0.25) is 0 Å². The Kier molecular flexibility index (Phi) is 38.2. The summed E-state index contributed by atoms with van der Waals surface area (Å²) >= 11 is 0. The molecule has 106 valence electrons. The molecule has 0 bridgehead atoms. The summed E-state index contributed by atoms with van der Waals surface area (Å²) in [6.07, 6.45) is 13.6. The van der Waals surface area contributed by atoms with Gasteiger partial charge in [0.2, 0.25) is 0 Å². The molecule has 0 aliphatic rings. The molecule has 0 heterocycles. The van der Waals surface area contributed by atoms with Gasteiger partial charge >= 0.3 is 0 Å². The summed E-state index contributed by atoms with van der Waals surface area (Å²) in [6, 6.07) is 0. The highest BCUT2D eigenvalue weighted by Crippen LogP contribution is 2.03. The lowest BCUT2D eigenvalue weighted by Crippen LogP contribution is -1.78. The third-order valence-electron chi connectivity index (χ3n) is 2.22. The molecule has 0 rings (SSSR count). The summed E-state index contributed by atoms with van der Waals surface area (Å²) in [6.45, 7) is 12.2. The third kappa shape index (κ3) is 49.7. The highest BCUT2D eigenvalue weighted by Gasteiger charge is 1.83. The Labute approximate surface area is 110 Å². The second-order valence-corrected chi connectivity index (χ2v) is 4.25. The monoisotopic (exact) mass is 244 g/mol. The van der Waals surface area contributed by atoms with Gasteiger partial charge < -0.3 is 5.11 Å². The van der Waals surface area contributed by atoms with Gasteiger partial charge in [0.1, 0.15) is 0 Å². The van der Waals surface area contributed by atoms with Gasteiger partial charge in [-0.25, -0.2) is 0 Å². The molecule has 0 atom stereocenters. The smallest absolute Gasteiger partial charge is 0.0431 e. The minimum absolute atomic E-state index is 0.355. The number of aliphatic hydroxyl groups is 1. The van der Waals surface area contributed by atoms with Crippen LogP contribution in [-0.2, 0) is 0 Å². The fraction of sp³-hybridized carbons (Fsp3) is 0.875. The van der Waals surface area contributed by atoms with Gasteiger partial charge in [-0.05, 0) is 13.3 Å². The van der Waals surface area contributed by atoms with E-state index in [9.17, 15) is 0 Å². The van der Waals surface area contributed by atoms with E-state index in [1.54, 1.807) is 6.08 Å². The van der Waals surface area contributed by atoms with E-state index in [4.69, 9.17) is 5.11 Å². The van der Waals surface area contributed by atoms with E-state index in [0.29, 0.717) is 6.61 Å². The molecule has 0 aromatic heterocycles. The summed E-state index contributed by atoms with van der Waals surface area (Å²) in [5.41, 5.74) is 0. The normalized spacial score (nSPS) is 8.53. The molecule has 0 aliphatic carbocycles. The lowest BCUT2D eigenvalue weighted by molar-refractivity contribution is 0.284. The molecular formula is C16H36O. The lowest BCUT2D eigenvalue weighted by Gasteiger charge is -1.93. The summed E-state index contributed by atoms with van der Waals surface area (Å²) in [4.78, 5) is 0. The zero-order valence-electron chi connectivity index (χ0n) is 12.8. The van der Waals surface area contributed by atoms with Crippen molar-refractivity contribution in [3.8, 4) is 0 Å². The van der Waals surface area contributed by atoms with Crippen LogP contribution in [-0.4, -0.2) is 11.7 Å². The summed E-state index contributed by atoms with van der Waals surface area (Å²) < 4.78 is 0. The minimum Gasteiger partial charge on any atom is -0.396 e. The molecule has 0 aromatic rings. The van der Waals surface area contributed by atoms with E-state index in [1.165, 1.54) is 44.9 Å². The quantitative estimate of drug-likeness (QED) is 0.427. The van der Waals surface area contributed by atoms with E-state index in [0.717, 1.165) is 12.8 Å². The van der Waals surface area contributed by atoms with E-state index < -0.39 is 0 Å². The van der Waals surface area contributed by atoms with Crippen LogP contribution in [0.4, 0.5) is 0 Å². The molecule has 1 nitrogen and oxygen atoms in total. The SMILES string of the molecule is C=CC.CCCCCCCC.CCCCCO. The Morgan fingerprint density at radius 3 is 1.24 bits per heavy atom.